The second-order valence-electron chi connectivity index (χ2n) is 10.1. The van der Waals surface area contributed by atoms with Gasteiger partial charge in [-0.2, -0.15) is 5.10 Å². The molecule has 37 heavy (non-hydrogen) atoms. The summed E-state index contributed by atoms with van der Waals surface area (Å²) < 4.78 is 12.1. The predicted octanol–water partition coefficient (Wildman–Crippen LogP) is 5.20. The minimum Gasteiger partial charge on any atom is -0.381 e. The third kappa shape index (κ3) is 3.39. The third-order valence-electron chi connectivity index (χ3n) is 7.93. The highest BCUT2D eigenvalue weighted by molar-refractivity contribution is 6.19. The molecule has 5 heterocycles. The first-order chi connectivity index (χ1) is 18.1. The van der Waals surface area contributed by atoms with E-state index in [1.807, 2.05) is 42.8 Å². The van der Waals surface area contributed by atoms with Crippen molar-refractivity contribution < 1.29 is 4.74 Å². The van der Waals surface area contributed by atoms with Crippen molar-refractivity contribution in [2.75, 3.05) is 13.2 Å². The molecule has 0 unspecified atom stereocenters. The van der Waals surface area contributed by atoms with Crippen LogP contribution in [0.1, 0.15) is 30.1 Å². The second-order valence-corrected chi connectivity index (χ2v) is 10.1. The van der Waals surface area contributed by atoms with Crippen LogP contribution in [0.5, 0.6) is 0 Å². The Labute approximate surface area is 214 Å². The van der Waals surface area contributed by atoms with Crippen LogP contribution >= 0.6 is 0 Å². The van der Waals surface area contributed by atoms with Gasteiger partial charge < -0.3 is 9.30 Å². The van der Waals surface area contributed by atoms with E-state index in [1.54, 1.807) is 0 Å². The smallest absolute Gasteiger partial charge is 0.0967 e. The summed E-state index contributed by atoms with van der Waals surface area (Å²) in [6, 6.07) is 17.7. The zero-order valence-electron chi connectivity index (χ0n) is 21.3. The minimum atomic E-state index is 0.155. The molecule has 7 rings (SSSR count). The highest BCUT2D eigenvalue weighted by Crippen LogP contribution is 2.43. The maximum absolute atomic E-state index is 5.78. The normalized spacial score (nSPS) is 15.8. The van der Waals surface area contributed by atoms with E-state index in [-0.39, 0.29) is 6.04 Å². The molecule has 0 spiro atoms. The zero-order chi connectivity index (χ0) is 25.1. The van der Waals surface area contributed by atoms with Crippen LogP contribution in [0.15, 0.2) is 60.9 Å². The summed E-state index contributed by atoms with van der Waals surface area (Å²) in [5, 5.41) is 15.4. The van der Waals surface area contributed by atoms with Crippen molar-refractivity contribution >= 4 is 32.8 Å². The number of aryl methyl sites for hydroxylation is 3. The second kappa shape index (κ2) is 8.52. The monoisotopic (exact) mass is 491 g/mol. The van der Waals surface area contributed by atoms with Crippen LogP contribution in [0.2, 0.25) is 0 Å². The maximum atomic E-state index is 5.78. The Morgan fingerprint density at radius 3 is 2.46 bits per heavy atom. The molecule has 6 aromatic rings. The molecule has 1 atom stereocenters. The van der Waals surface area contributed by atoms with Crippen LogP contribution in [0.3, 0.4) is 0 Å². The lowest BCUT2D eigenvalue weighted by atomic mass is 9.86. The van der Waals surface area contributed by atoms with Crippen LogP contribution in [0.4, 0.5) is 0 Å². The number of rotatable bonds is 4. The molecule has 8 heteroatoms. The minimum absolute atomic E-state index is 0.155. The molecule has 0 bridgehead atoms. The number of ether oxygens (including phenoxy) is 1. The first kappa shape index (κ1) is 22.2. The van der Waals surface area contributed by atoms with Crippen LogP contribution in [-0.4, -0.2) is 47.5 Å². The highest BCUT2D eigenvalue weighted by atomic mass is 16.5. The standard InChI is InChI=1S/C29H29N7O/c1-18-28(35(3)33-32-18)21-15-25-27(30-16-21)26-22-17-31-34(2)23(22)9-10-24(26)36(25)29(19-7-5-4-6-8-19)20-11-13-37-14-12-20/h4-10,15-17,20,29H,11-14H2,1-3H3/t29-/m1/s1. The van der Waals surface area contributed by atoms with Gasteiger partial charge in [0.1, 0.15) is 0 Å². The fourth-order valence-electron chi connectivity index (χ4n) is 6.22. The molecule has 0 aliphatic carbocycles. The number of hydrogen-bond donors (Lipinski definition) is 0. The van der Waals surface area contributed by atoms with Crippen LogP contribution in [0.25, 0.3) is 44.1 Å². The number of fused-ring (bicyclic) bond motifs is 5. The van der Waals surface area contributed by atoms with Crippen LogP contribution in [-0.2, 0) is 18.8 Å². The Morgan fingerprint density at radius 2 is 1.70 bits per heavy atom. The molecule has 8 nitrogen and oxygen atoms in total. The zero-order valence-corrected chi connectivity index (χ0v) is 21.3. The first-order valence-electron chi connectivity index (χ1n) is 12.9. The van der Waals surface area contributed by atoms with E-state index < -0.39 is 0 Å². The lowest BCUT2D eigenvalue weighted by molar-refractivity contribution is 0.0553. The largest absolute Gasteiger partial charge is 0.381 e. The van der Waals surface area contributed by atoms with Gasteiger partial charge in [-0.1, -0.05) is 35.5 Å². The number of hydrogen-bond acceptors (Lipinski definition) is 5. The molecule has 4 aromatic heterocycles. The third-order valence-corrected chi connectivity index (χ3v) is 7.93. The van der Waals surface area contributed by atoms with E-state index in [4.69, 9.17) is 9.72 Å². The van der Waals surface area contributed by atoms with E-state index in [1.165, 1.54) is 11.1 Å². The fraction of sp³-hybridized carbons (Fsp3) is 0.310. The topological polar surface area (TPSA) is 75.6 Å². The van der Waals surface area contributed by atoms with Gasteiger partial charge in [-0.3, -0.25) is 9.67 Å². The molecule has 2 aromatic carbocycles. The van der Waals surface area contributed by atoms with Crippen molar-refractivity contribution in [2.45, 2.75) is 25.8 Å². The summed E-state index contributed by atoms with van der Waals surface area (Å²) in [4.78, 5) is 5.10. The van der Waals surface area contributed by atoms with Crippen LogP contribution < -0.4 is 0 Å². The molecule has 1 aliphatic rings. The highest BCUT2D eigenvalue weighted by Gasteiger charge is 2.31. The fourth-order valence-corrected chi connectivity index (χ4v) is 6.22. The van der Waals surface area contributed by atoms with Gasteiger partial charge in [0.15, 0.2) is 0 Å². The average molecular weight is 492 g/mol. The van der Waals surface area contributed by atoms with Crippen LogP contribution in [0, 0.1) is 12.8 Å². The van der Waals surface area contributed by atoms with Crippen molar-refractivity contribution in [3.8, 4) is 11.3 Å². The summed E-state index contributed by atoms with van der Waals surface area (Å²) in [6.07, 6.45) is 5.97. The molecule has 1 saturated heterocycles. The van der Waals surface area contributed by atoms with Gasteiger partial charge in [0.2, 0.25) is 0 Å². The van der Waals surface area contributed by atoms with Crippen molar-refractivity contribution in [1.82, 2.24) is 34.3 Å². The molecule has 1 fully saturated rings. The van der Waals surface area contributed by atoms with Crippen molar-refractivity contribution in [1.29, 1.82) is 0 Å². The molecule has 0 saturated carbocycles. The maximum Gasteiger partial charge on any atom is 0.0967 e. The van der Waals surface area contributed by atoms with Crippen molar-refractivity contribution in [3.05, 3.63) is 72.2 Å². The van der Waals surface area contributed by atoms with E-state index >= 15 is 0 Å². The molecular weight excluding hydrogens is 462 g/mol. The molecule has 0 amide bonds. The molecule has 0 radical (unpaired) electrons. The lowest BCUT2D eigenvalue weighted by Crippen LogP contribution is -2.26. The Bertz CT molecular complexity index is 1740. The Hall–Kier alpha value is -4.04. The summed E-state index contributed by atoms with van der Waals surface area (Å²) in [6.45, 7) is 3.58. The van der Waals surface area contributed by atoms with Gasteiger partial charge in [0.05, 0.1) is 45.7 Å². The molecule has 186 valence electrons. The molecule has 1 aliphatic heterocycles. The summed E-state index contributed by atoms with van der Waals surface area (Å²) >= 11 is 0. The average Bonchev–Trinajstić information content (AvgIpc) is 3.58. The van der Waals surface area contributed by atoms with E-state index in [0.717, 1.165) is 70.3 Å². The number of pyridine rings is 1. The molecular formula is C29H29N7O. The van der Waals surface area contributed by atoms with E-state index in [9.17, 15) is 0 Å². The summed E-state index contributed by atoms with van der Waals surface area (Å²) in [5.41, 5.74) is 8.60. The van der Waals surface area contributed by atoms with E-state index in [0.29, 0.717) is 5.92 Å². The summed E-state index contributed by atoms with van der Waals surface area (Å²) in [7, 11) is 3.93. The Morgan fingerprint density at radius 1 is 0.919 bits per heavy atom. The van der Waals surface area contributed by atoms with Gasteiger partial charge >= 0.3 is 0 Å². The first-order valence-corrected chi connectivity index (χ1v) is 12.9. The van der Waals surface area contributed by atoms with Gasteiger partial charge in [-0.05, 0) is 49.4 Å². The number of nitrogens with zero attached hydrogens (tertiary/aromatic N) is 7. The van der Waals surface area contributed by atoms with E-state index in [2.05, 4.69) is 68.5 Å². The van der Waals surface area contributed by atoms with Gasteiger partial charge in [0.25, 0.3) is 0 Å². The Kier molecular flexibility index (Phi) is 5.11. The predicted molar refractivity (Wildman–Crippen MR) is 144 cm³/mol. The molecule has 0 N–H and O–H groups in total. The lowest BCUT2D eigenvalue weighted by Gasteiger charge is -2.33. The van der Waals surface area contributed by atoms with Crippen molar-refractivity contribution in [3.63, 3.8) is 0 Å². The quantitative estimate of drug-likeness (QED) is 0.339. The SMILES string of the molecule is Cc1nnn(C)c1-c1cnc2c3c4cnn(C)c4ccc3n([C@H](c3ccccc3)C3CCOCC3)c2c1. The van der Waals surface area contributed by atoms with Gasteiger partial charge in [0, 0.05) is 49.8 Å². The summed E-state index contributed by atoms with van der Waals surface area (Å²) in [5.74, 6) is 0.448. The Balaban J connectivity index is 1.59. The van der Waals surface area contributed by atoms with Gasteiger partial charge in [-0.15, -0.1) is 5.10 Å². The number of benzene rings is 2. The number of aromatic nitrogens is 7. The van der Waals surface area contributed by atoms with Gasteiger partial charge in [-0.25, -0.2) is 4.68 Å². The van der Waals surface area contributed by atoms with Crippen molar-refractivity contribution in [2.24, 2.45) is 20.0 Å².